The molecule has 0 spiro atoms. The Morgan fingerprint density at radius 3 is 2.28 bits per heavy atom. The Morgan fingerprint density at radius 1 is 1.09 bits per heavy atom. The molecule has 0 saturated carbocycles. The highest BCUT2D eigenvalue weighted by Crippen LogP contribution is 2.42. The zero-order chi connectivity index (χ0) is 22.9. The van der Waals surface area contributed by atoms with Gasteiger partial charge < -0.3 is 5.11 Å². The Bertz CT molecular complexity index is 1200. The molecule has 1 aromatic heterocycles. The third-order valence-corrected chi connectivity index (χ3v) is 8.88. The first-order valence-electron chi connectivity index (χ1n) is 10.5. The number of thiophene rings is 1. The van der Waals surface area contributed by atoms with Gasteiger partial charge in [0.1, 0.15) is 6.04 Å². The summed E-state index contributed by atoms with van der Waals surface area (Å²) in [5.41, 5.74) is 3.41. The fourth-order valence-corrected chi connectivity index (χ4v) is 7.45. The average Bonchev–Trinajstić information content (AvgIpc) is 3.28. The zero-order valence-electron chi connectivity index (χ0n) is 18.1. The third kappa shape index (κ3) is 4.49. The maximum absolute atomic E-state index is 12.9. The molecule has 168 valence electrons. The number of rotatable bonds is 8. The van der Waals surface area contributed by atoms with Crippen LogP contribution < -0.4 is 0 Å². The topological polar surface area (TPSA) is 77.9 Å². The van der Waals surface area contributed by atoms with Crippen LogP contribution in [0.2, 0.25) is 0 Å². The Balaban J connectivity index is 1.47. The Labute approximate surface area is 192 Å². The van der Waals surface area contributed by atoms with Gasteiger partial charge in [0.2, 0.25) is 10.0 Å². The molecule has 32 heavy (non-hydrogen) atoms. The summed E-state index contributed by atoms with van der Waals surface area (Å²) in [6.07, 6.45) is 0.233. The predicted octanol–water partition coefficient (Wildman–Crippen LogP) is 4.41. The van der Waals surface area contributed by atoms with Gasteiger partial charge in [0.05, 0.1) is 11.4 Å². The van der Waals surface area contributed by atoms with Crippen LogP contribution in [0.15, 0.2) is 65.6 Å². The number of aliphatic carboxylic acids is 1. The second-order valence-electron chi connectivity index (χ2n) is 8.07. The van der Waals surface area contributed by atoms with E-state index in [9.17, 15) is 18.3 Å². The standard InChI is InChI=1S/C24H26N2O4S2/c1-3-20(24(27)28)26-16-22-23(32(26,29)30)13-21(31-22)19-11-9-18(10-12-19)15-25(2)14-17-7-5-4-6-8-17/h4-13,20H,3,14-16H2,1-2H3,(H,27,28). The summed E-state index contributed by atoms with van der Waals surface area (Å²) in [7, 11) is -1.70. The van der Waals surface area contributed by atoms with Crippen molar-refractivity contribution in [3.05, 3.63) is 76.7 Å². The van der Waals surface area contributed by atoms with E-state index in [1.165, 1.54) is 22.5 Å². The Morgan fingerprint density at radius 2 is 1.72 bits per heavy atom. The van der Waals surface area contributed by atoms with Gasteiger partial charge in [-0.25, -0.2) is 8.42 Å². The lowest BCUT2D eigenvalue weighted by atomic mass is 10.1. The van der Waals surface area contributed by atoms with Crippen molar-refractivity contribution < 1.29 is 18.3 Å². The summed E-state index contributed by atoms with van der Waals surface area (Å²) in [6.45, 7) is 3.48. The quantitative estimate of drug-likeness (QED) is 0.528. The molecular weight excluding hydrogens is 444 g/mol. The molecule has 0 bridgehead atoms. The lowest BCUT2D eigenvalue weighted by molar-refractivity contribution is -0.141. The van der Waals surface area contributed by atoms with Crippen LogP contribution >= 0.6 is 11.3 Å². The fraction of sp³-hybridized carbons (Fsp3) is 0.292. The van der Waals surface area contributed by atoms with Gasteiger partial charge >= 0.3 is 5.97 Å². The van der Waals surface area contributed by atoms with E-state index < -0.39 is 22.0 Å². The molecule has 0 amide bonds. The first-order chi connectivity index (χ1) is 15.3. The molecular formula is C24H26N2O4S2. The van der Waals surface area contributed by atoms with E-state index >= 15 is 0 Å². The monoisotopic (exact) mass is 470 g/mol. The molecule has 8 heteroatoms. The van der Waals surface area contributed by atoms with E-state index in [0.717, 1.165) is 27.8 Å². The highest BCUT2D eigenvalue weighted by Gasteiger charge is 2.43. The molecule has 3 aromatic rings. The van der Waals surface area contributed by atoms with Gasteiger partial charge in [-0.2, -0.15) is 4.31 Å². The summed E-state index contributed by atoms with van der Waals surface area (Å²) in [5, 5.41) is 9.38. The first kappa shape index (κ1) is 22.7. The number of carboxylic acids is 1. The van der Waals surface area contributed by atoms with Gasteiger partial charge in [0, 0.05) is 22.8 Å². The summed E-state index contributed by atoms with van der Waals surface area (Å²) in [4.78, 5) is 15.5. The molecule has 2 heterocycles. The van der Waals surface area contributed by atoms with Crippen LogP contribution in [0.5, 0.6) is 0 Å². The van der Waals surface area contributed by atoms with Crippen molar-refractivity contribution in [1.82, 2.24) is 9.21 Å². The Kier molecular flexibility index (Phi) is 6.48. The molecule has 0 aliphatic carbocycles. The highest BCUT2D eigenvalue weighted by molar-refractivity contribution is 7.89. The van der Waals surface area contributed by atoms with E-state index in [-0.39, 0.29) is 17.9 Å². The van der Waals surface area contributed by atoms with Crippen molar-refractivity contribution in [1.29, 1.82) is 0 Å². The van der Waals surface area contributed by atoms with Gasteiger partial charge in [-0.1, -0.05) is 61.5 Å². The second kappa shape index (κ2) is 9.15. The maximum Gasteiger partial charge on any atom is 0.322 e. The number of benzene rings is 2. The van der Waals surface area contributed by atoms with Crippen LogP contribution in [0.4, 0.5) is 0 Å². The minimum atomic E-state index is -3.79. The second-order valence-corrected chi connectivity index (χ2v) is 11.1. The largest absolute Gasteiger partial charge is 0.480 e. The minimum absolute atomic E-state index is 0.121. The van der Waals surface area contributed by atoms with E-state index in [4.69, 9.17) is 0 Å². The normalized spacial score (nSPS) is 16.2. The lowest BCUT2D eigenvalue weighted by Crippen LogP contribution is -2.40. The molecule has 2 aromatic carbocycles. The highest BCUT2D eigenvalue weighted by atomic mass is 32.2. The molecule has 4 rings (SSSR count). The summed E-state index contributed by atoms with van der Waals surface area (Å²) in [6, 6.07) is 19.1. The van der Waals surface area contributed by atoms with Crippen molar-refractivity contribution in [2.24, 2.45) is 0 Å². The Hall–Kier alpha value is -2.52. The summed E-state index contributed by atoms with van der Waals surface area (Å²) in [5.74, 6) is -1.11. The number of carbonyl (C=O) groups is 1. The summed E-state index contributed by atoms with van der Waals surface area (Å²) >= 11 is 1.42. The molecule has 1 aliphatic heterocycles. The van der Waals surface area contributed by atoms with E-state index in [0.29, 0.717) is 4.88 Å². The number of nitrogens with zero attached hydrogens (tertiary/aromatic N) is 2. The summed E-state index contributed by atoms with van der Waals surface area (Å²) < 4.78 is 26.9. The van der Waals surface area contributed by atoms with Crippen LogP contribution in [0.25, 0.3) is 10.4 Å². The minimum Gasteiger partial charge on any atom is -0.480 e. The van der Waals surface area contributed by atoms with E-state index in [1.54, 1.807) is 13.0 Å². The van der Waals surface area contributed by atoms with Crippen molar-refractivity contribution in [3.8, 4) is 10.4 Å². The van der Waals surface area contributed by atoms with Crippen LogP contribution in [-0.2, 0) is 34.5 Å². The van der Waals surface area contributed by atoms with Crippen LogP contribution in [-0.4, -0.2) is 41.8 Å². The third-order valence-electron chi connectivity index (χ3n) is 5.66. The van der Waals surface area contributed by atoms with Crippen molar-refractivity contribution in [2.75, 3.05) is 7.05 Å². The molecule has 1 N–H and O–H groups in total. The van der Waals surface area contributed by atoms with E-state index in [1.807, 2.05) is 30.3 Å². The number of hydrogen-bond donors (Lipinski definition) is 1. The van der Waals surface area contributed by atoms with E-state index in [2.05, 4.69) is 36.2 Å². The van der Waals surface area contributed by atoms with Crippen LogP contribution in [0.3, 0.4) is 0 Å². The van der Waals surface area contributed by atoms with Crippen molar-refractivity contribution in [3.63, 3.8) is 0 Å². The molecule has 6 nitrogen and oxygen atoms in total. The van der Waals surface area contributed by atoms with Gasteiger partial charge in [0.15, 0.2) is 0 Å². The molecule has 1 unspecified atom stereocenters. The number of carboxylic acid groups (broad SMARTS) is 1. The molecule has 1 atom stereocenters. The van der Waals surface area contributed by atoms with Crippen LogP contribution in [0.1, 0.15) is 29.3 Å². The van der Waals surface area contributed by atoms with Gasteiger partial charge in [0.25, 0.3) is 0 Å². The lowest BCUT2D eigenvalue weighted by Gasteiger charge is -2.21. The predicted molar refractivity (Wildman–Crippen MR) is 126 cm³/mol. The fourth-order valence-electron chi connectivity index (χ4n) is 4.05. The zero-order valence-corrected chi connectivity index (χ0v) is 19.7. The van der Waals surface area contributed by atoms with Gasteiger partial charge in [-0.3, -0.25) is 9.69 Å². The first-order valence-corrected chi connectivity index (χ1v) is 12.7. The SMILES string of the molecule is CCC(C(=O)O)N1Cc2sc(-c3ccc(CN(C)Cc4ccccc4)cc3)cc2S1(=O)=O. The van der Waals surface area contributed by atoms with Gasteiger partial charge in [-0.05, 0) is 36.2 Å². The van der Waals surface area contributed by atoms with Crippen molar-refractivity contribution in [2.45, 2.75) is 43.9 Å². The van der Waals surface area contributed by atoms with Crippen LogP contribution in [0, 0.1) is 0 Å². The molecule has 0 radical (unpaired) electrons. The van der Waals surface area contributed by atoms with Crippen molar-refractivity contribution >= 4 is 27.3 Å². The molecule has 1 aliphatic rings. The average molecular weight is 471 g/mol. The molecule has 0 fully saturated rings. The number of fused-ring (bicyclic) bond motifs is 1. The smallest absolute Gasteiger partial charge is 0.322 e. The number of sulfonamides is 1. The number of hydrogen-bond acceptors (Lipinski definition) is 5. The maximum atomic E-state index is 12.9. The molecule has 0 saturated heterocycles. The van der Waals surface area contributed by atoms with Gasteiger partial charge in [-0.15, -0.1) is 11.3 Å².